The van der Waals surface area contributed by atoms with Crippen molar-refractivity contribution in [3.8, 4) is 10.7 Å². The topological polar surface area (TPSA) is 47.0 Å². The zero-order valence-corrected chi connectivity index (χ0v) is 15.9. The second kappa shape index (κ2) is 6.58. The van der Waals surface area contributed by atoms with E-state index in [4.69, 9.17) is 4.74 Å². The van der Waals surface area contributed by atoms with Crippen molar-refractivity contribution >= 4 is 39.7 Å². The summed E-state index contributed by atoms with van der Waals surface area (Å²) in [5, 5.41) is 3.13. The van der Waals surface area contributed by atoms with Crippen LogP contribution in [0.2, 0.25) is 0 Å². The molecule has 4 nitrogen and oxygen atoms in total. The van der Waals surface area contributed by atoms with Crippen LogP contribution in [0, 0.1) is 3.57 Å². The average Bonchev–Trinajstić information content (AvgIpc) is 2.91. The number of thiophene rings is 1. The Hall–Kier alpha value is -0.730. The van der Waals surface area contributed by atoms with Gasteiger partial charge in [-0.2, -0.15) is 0 Å². The van der Waals surface area contributed by atoms with E-state index in [2.05, 4.69) is 70.8 Å². The molecule has 1 N–H and O–H groups in total. The summed E-state index contributed by atoms with van der Waals surface area (Å²) in [7, 11) is 3.56. The number of hydrogen-bond donors (Lipinski definition) is 1. The molecule has 0 aliphatic rings. The Kier molecular flexibility index (Phi) is 5.21. The SMILES string of the molecule is CNc1nc(-c2ccc(C(C)(C)C)s2)nc(COC)c1I. The second-order valence-corrected chi connectivity index (χ2v) is 7.92. The fraction of sp³-hybridized carbons (Fsp3) is 0.467. The first kappa shape index (κ1) is 16.6. The summed E-state index contributed by atoms with van der Waals surface area (Å²) in [6, 6.07) is 4.26. The monoisotopic (exact) mass is 417 g/mol. The molecule has 21 heavy (non-hydrogen) atoms. The van der Waals surface area contributed by atoms with Crippen molar-refractivity contribution in [1.82, 2.24) is 9.97 Å². The van der Waals surface area contributed by atoms with Gasteiger partial charge in [0.25, 0.3) is 0 Å². The summed E-state index contributed by atoms with van der Waals surface area (Å²) >= 11 is 4.00. The Balaban J connectivity index is 2.48. The van der Waals surface area contributed by atoms with Gasteiger partial charge >= 0.3 is 0 Å². The molecule has 2 heterocycles. The molecule has 0 spiro atoms. The van der Waals surface area contributed by atoms with Gasteiger partial charge in [0.05, 0.1) is 20.7 Å². The predicted molar refractivity (Wildman–Crippen MR) is 97.0 cm³/mol. The van der Waals surface area contributed by atoms with E-state index in [0.29, 0.717) is 6.61 Å². The van der Waals surface area contributed by atoms with Crippen LogP contribution in [-0.2, 0) is 16.8 Å². The molecule has 2 rings (SSSR count). The Morgan fingerprint density at radius 2 is 2.00 bits per heavy atom. The standard InChI is InChI=1S/C15H20IN3OS/c1-15(2,3)11-7-6-10(21-11)13-18-9(8-20-5)12(16)14(17-4)19-13/h6-7H,8H2,1-5H3,(H,17,18,19). The minimum Gasteiger partial charge on any atom is -0.378 e. The van der Waals surface area contributed by atoms with E-state index in [9.17, 15) is 0 Å². The van der Waals surface area contributed by atoms with Crippen LogP contribution in [0.1, 0.15) is 31.3 Å². The highest BCUT2D eigenvalue weighted by Gasteiger charge is 2.19. The van der Waals surface area contributed by atoms with Gasteiger partial charge in [-0.25, -0.2) is 9.97 Å². The van der Waals surface area contributed by atoms with Crippen LogP contribution in [0.4, 0.5) is 5.82 Å². The largest absolute Gasteiger partial charge is 0.378 e. The first-order valence-corrected chi connectivity index (χ1v) is 8.60. The molecule has 114 valence electrons. The highest BCUT2D eigenvalue weighted by Crippen LogP contribution is 2.34. The zero-order valence-electron chi connectivity index (χ0n) is 13.0. The number of halogens is 1. The molecule has 0 fully saturated rings. The Bertz CT molecular complexity index is 634. The molecule has 0 bridgehead atoms. The fourth-order valence-electron chi connectivity index (χ4n) is 1.86. The van der Waals surface area contributed by atoms with Crippen molar-refractivity contribution < 1.29 is 4.74 Å². The second-order valence-electron chi connectivity index (χ2n) is 5.75. The van der Waals surface area contributed by atoms with Gasteiger partial charge in [0.2, 0.25) is 0 Å². The first-order chi connectivity index (χ1) is 9.86. The number of anilines is 1. The maximum absolute atomic E-state index is 5.24. The summed E-state index contributed by atoms with van der Waals surface area (Å²) in [6.45, 7) is 7.13. The van der Waals surface area contributed by atoms with E-state index in [0.717, 1.165) is 25.8 Å². The van der Waals surface area contributed by atoms with E-state index in [1.165, 1.54) is 4.88 Å². The summed E-state index contributed by atoms with van der Waals surface area (Å²) in [5.41, 5.74) is 1.06. The lowest BCUT2D eigenvalue weighted by Crippen LogP contribution is -2.07. The molecule has 2 aromatic heterocycles. The molecular formula is C15H20IN3OS. The van der Waals surface area contributed by atoms with Crippen LogP contribution in [0.3, 0.4) is 0 Å². The minimum atomic E-state index is 0.146. The minimum absolute atomic E-state index is 0.146. The highest BCUT2D eigenvalue weighted by molar-refractivity contribution is 14.1. The molecule has 0 atom stereocenters. The van der Waals surface area contributed by atoms with Crippen LogP contribution >= 0.6 is 33.9 Å². The smallest absolute Gasteiger partial charge is 0.172 e. The molecule has 6 heteroatoms. The Morgan fingerprint density at radius 1 is 1.29 bits per heavy atom. The fourth-order valence-corrected chi connectivity index (χ4v) is 3.53. The normalized spacial score (nSPS) is 11.7. The summed E-state index contributed by atoms with van der Waals surface area (Å²) < 4.78 is 6.25. The van der Waals surface area contributed by atoms with Crippen molar-refractivity contribution in [3.63, 3.8) is 0 Å². The number of rotatable bonds is 4. The van der Waals surface area contributed by atoms with Crippen molar-refractivity contribution in [1.29, 1.82) is 0 Å². The number of nitrogens with one attached hydrogen (secondary N) is 1. The van der Waals surface area contributed by atoms with Crippen LogP contribution in [-0.4, -0.2) is 24.1 Å². The maximum Gasteiger partial charge on any atom is 0.172 e. The Labute approximate surface area is 143 Å². The molecule has 0 unspecified atom stereocenters. The first-order valence-electron chi connectivity index (χ1n) is 6.70. The quantitative estimate of drug-likeness (QED) is 0.754. The molecule has 0 aliphatic heterocycles. The number of nitrogens with zero attached hydrogens (tertiary/aromatic N) is 2. The maximum atomic E-state index is 5.24. The third-order valence-electron chi connectivity index (χ3n) is 3.00. The van der Waals surface area contributed by atoms with Gasteiger partial charge in [-0.05, 0) is 40.1 Å². The number of ether oxygens (including phenoxy) is 1. The molecule has 0 aliphatic carbocycles. The van der Waals surface area contributed by atoms with Gasteiger partial charge in [-0.1, -0.05) is 20.8 Å². The van der Waals surface area contributed by atoms with Crippen LogP contribution in [0.15, 0.2) is 12.1 Å². The molecule has 2 aromatic rings. The van der Waals surface area contributed by atoms with Gasteiger partial charge in [-0.15, -0.1) is 11.3 Å². The summed E-state index contributed by atoms with van der Waals surface area (Å²) in [5.74, 6) is 1.60. The van der Waals surface area contributed by atoms with Crippen molar-refractivity contribution in [2.45, 2.75) is 32.8 Å². The van der Waals surface area contributed by atoms with E-state index < -0.39 is 0 Å². The third kappa shape index (κ3) is 3.73. The zero-order chi connectivity index (χ0) is 15.6. The Morgan fingerprint density at radius 3 is 2.52 bits per heavy atom. The van der Waals surface area contributed by atoms with Crippen molar-refractivity contribution in [2.75, 3.05) is 19.5 Å². The summed E-state index contributed by atoms with van der Waals surface area (Å²) in [6.07, 6.45) is 0. The lowest BCUT2D eigenvalue weighted by atomic mass is 9.95. The molecule has 0 amide bonds. The van der Waals surface area contributed by atoms with E-state index in [-0.39, 0.29) is 5.41 Å². The molecule has 0 aromatic carbocycles. The van der Waals surface area contributed by atoms with Crippen molar-refractivity contribution in [3.05, 3.63) is 26.3 Å². The van der Waals surface area contributed by atoms with Crippen LogP contribution < -0.4 is 5.32 Å². The average molecular weight is 417 g/mol. The summed E-state index contributed by atoms with van der Waals surface area (Å²) in [4.78, 5) is 11.7. The van der Waals surface area contributed by atoms with E-state index >= 15 is 0 Å². The van der Waals surface area contributed by atoms with Gasteiger partial charge in [0.1, 0.15) is 5.82 Å². The van der Waals surface area contributed by atoms with E-state index in [1.807, 2.05) is 7.05 Å². The number of hydrogen-bond acceptors (Lipinski definition) is 5. The number of methoxy groups -OCH3 is 1. The molecule has 0 radical (unpaired) electrons. The van der Waals surface area contributed by atoms with Crippen LogP contribution in [0.25, 0.3) is 10.7 Å². The van der Waals surface area contributed by atoms with Gasteiger partial charge in [0.15, 0.2) is 5.82 Å². The molecule has 0 saturated heterocycles. The van der Waals surface area contributed by atoms with Crippen LogP contribution in [0.5, 0.6) is 0 Å². The third-order valence-corrected chi connectivity index (χ3v) is 5.64. The predicted octanol–water partition coefficient (Wildman–Crippen LogP) is 4.30. The van der Waals surface area contributed by atoms with Gasteiger partial charge in [0, 0.05) is 19.0 Å². The highest BCUT2D eigenvalue weighted by atomic mass is 127. The lowest BCUT2D eigenvalue weighted by molar-refractivity contribution is 0.181. The van der Waals surface area contributed by atoms with Crippen molar-refractivity contribution in [2.24, 2.45) is 0 Å². The van der Waals surface area contributed by atoms with E-state index in [1.54, 1.807) is 18.4 Å². The lowest BCUT2D eigenvalue weighted by Gasteiger charge is -2.15. The molecular weight excluding hydrogens is 397 g/mol. The van der Waals surface area contributed by atoms with Gasteiger partial charge in [-0.3, -0.25) is 0 Å². The van der Waals surface area contributed by atoms with Gasteiger partial charge < -0.3 is 10.1 Å². The number of aromatic nitrogens is 2. The molecule has 0 saturated carbocycles.